The van der Waals surface area contributed by atoms with E-state index in [0.717, 1.165) is 5.56 Å². The molecule has 7 nitrogen and oxygen atoms in total. The number of benzene rings is 1. The quantitative estimate of drug-likeness (QED) is 0.679. The number of methoxy groups -OCH3 is 1. The highest BCUT2D eigenvalue weighted by atomic mass is 16.5. The fourth-order valence-corrected chi connectivity index (χ4v) is 1.90. The molecule has 0 aliphatic heterocycles. The van der Waals surface area contributed by atoms with Crippen LogP contribution >= 0.6 is 0 Å². The number of amides is 1. The monoisotopic (exact) mass is 327 g/mol. The van der Waals surface area contributed by atoms with Crippen LogP contribution in [0.15, 0.2) is 36.5 Å². The molecule has 1 amide bonds. The number of esters is 1. The third-order valence-electron chi connectivity index (χ3n) is 3.07. The van der Waals surface area contributed by atoms with Gasteiger partial charge in [0.05, 0.1) is 25.4 Å². The highest BCUT2D eigenvalue weighted by Crippen LogP contribution is 2.07. The summed E-state index contributed by atoms with van der Waals surface area (Å²) in [5, 5.41) is 6.48. The van der Waals surface area contributed by atoms with E-state index in [1.54, 1.807) is 7.05 Å². The lowest BCUT2D eigenvalue weighted by Gasteiger charge is -2.04. The molecule has 124 valence electrons. The van der Waals surface area contributed by atoms with Crippen LogP contribution in [-0.4, -0.2) is 35.5 Å². The van der Waals surface area contributed by atoms with Crippen molar-refractivity contribution >= 4 is 12.1 Å². The first-order valence-corrected chi connectivity index (χ1v) is 7.15. The van der Waals surface area contributed by atoms with Crippen molar-refractivity contribution in [1.82, 2.24) is 15.1 Å². The minimum Gasteiger partial charge on any atom is -0.464 e. The molecule has 0 aliphatic carbocycles. The first-order valence-electron chi connectivity index (χ1n) is 7.15. The Labute approximate surface area is 139 Å². The second-order valence-electron chi connectivity index (χ2n) is 4.74. The van der Waals surface area contributed by atoms with Crippen molar-refractivity contribution in [2.24, 2.45) is 7.05 Å². The van der Waals surface area contributed by atoms with Crippen LogP contribution in [0.2, 0.25) is 0 Å². The summed E-state index contributed by atoms with van der Waals surface area (Å²) in [7, 11) is 2.91. The second-order valence-corrected chi connectivity index (χ2v) is 4.74. The molecule has 7 heteroatoms. The highest BCUT2D eigenvalue weighted by Gasteiger charge is 2.15. The molecule has 0 unspecified atom stereocenters. The number of nitrogens with zero attached hydrogens (tertiary/aromatic N) is 2. The van der Waals surface area contributed by atoms with Gasteiger partial charge in [-0.1, -0.05) is 42.2 Å². The van der Waals surface area contributed by atoms with Crippen molar-refractivity contribution in [2.75, 3.05) is 13.7 Å². The van der Waals surface area contributed by atoms with Crippen LogP contribution in [0.3, 0.4) is 0 Å². The van der Waals surface area contributed by atoms with Gasteiger partial charge in [-0.15, -0.1) is 0 Å². The maximum atomic E-state index is 11.6. The summed E-state index contributed by atoms with van der Waals surface area (Å²) in [6.45, 7) is 0.276. The van der Waals surface area contributed by atoms with Gasteiger partial charge in [0.25, 0.3) is 0 Å². The Bertz CT molecular complexity index is 772. The number of hydrogen-bond donors (Lipinski definition) is 1. The molecule has 0 spiro atoms. The molecule has 0 atom stereocenters. The lowest BCUT2D eigenvalue weighted by atomic mass is 10.2. The molecule has 1 aromatic carbocycles. The van der Waals surface area contributed by atoms with E-state index in [1.807, 2.05) is 30.3 Å². The number of nitrogens with one attached hydrogen (secondary N) is 1. The van der Waals surface area contributed by atoms with Gasteiger partial charge in [-0.05, 0) is 5.56 Å². The largest absolute Gasteiger partial charge is 0.464 e. The van der Waals surface area contributed by atoms with Crippen LogP contribution < -0.4 is 5.32 Å². The second kappa shape index (κ2) is 8.39. The zero-order valence-electron chi connectivity index (χ0n) is 13.4. The summed E-state index contributed by atoms with van der Waals surface area (Å²) in [6, 6.07) is 9.36. The van der Waals surface area contributed by atoms with Gasteiger partial charge in [0, 0.05) is 7.05 Å². The lowest BCUT2D eigenvalue weighted by Crippen LogP contribution is -2.24. The Morgan fingerprint density at radius 2 is 2.04 bits per heavy atom. The Morgan fingerprint density at radius 1 is 1.29 bits per heavy atom. The molecular weight excluding hydrogens is 310 g/mol. The van der Waals surface area contributed by atoms with E-state index in [4.69, 9.17) is 4.74 Å². The van der Waals surface area contributed by atoms with Gasteiger partial charge in [0.15, 0.2) is 5.69 Å². The van der Waals surface area contributed by atoms with E-state index in [1.165, 1.54) is 18.0 Å². The molecule has 0 saturated carbocycles. The molecular formula is C17H17N3O4. The summed E-state index contributed by atoms with van der Waals surface area (Å²) in [6.07, 6.45) is 0.903. The molecule has 24 heavy (non-hydrogen) atoms. The van der Waals surface area contributed by atoms with Gasteiger partial charge < -0.3 is 14.8 Å². The van der Waals surface area contributed by atoms with E-state index in [-0.39, 0.29) is 18.8 Å². The summed E-state index contributed by atoms with van der Waals surface area (Å²) in [4.78, 5) is 23.2. The third kappa shape index (κ3) is 4.61. The van der Waals surface area contributed by atoms with Crippen LogP contribution in [0.1, 0.15) is 21.6 Å². The van der Waals surface area contributed by atoms with Crippen molar-refractivity contribution in [1.29, 1.82) is 0 Å². The molecule has 1 aromatic heterocycles. The summed E-state index contributed by atoms with van der Waals surface area (Å²) in [5.41, 5.74) is 1.59. The number of carbonyl (C=O) groups is 2. The molecule has 0 bridgehead atoms. The Morgan fingerprint density at radius 3 is 2.75 bits per heavy atom. The maximum absolute atomic E-state index is 11.6. The number of aryl methyl sites for hydroxylation is 1. The third-order valence-corrected chi connectivity index (χ3v) is 3.07. The molecule has 1 heterocycles. The van der Waals surface area contributed by atoms with Gasteiger partial charge >= 0.3 is 12.1 Å². The predicted molar refractivity (Wildman–Crippen MR) is 86.1 cm³/mol. The van der Waals surface area contributed by atoms with E-state index >= 15 is 0 Å². The zero-order chi connectivity index (χ0) is 17.4. The normalized spacial score (nSPS) is 9.58. The molecule has 0 fully saturated rings. The van der Waals surface area contributed by atoms with Crippen LogP contribution in [-0.2, 0) is 23.1 Å². The van der Waals surface area contributed by atoms with E-state index in [0.29, 0.717) is 5.56 Å². The number of carbonyl (C=O) groups excluding carboxylic acids is 2. The number of aromatic nitrogens is 2. The average Bonchev–Trinajstić information content (AvgIpc) is 2.97. The average molecular weight is 327 g/mol. The van der Waals surface area contributed by atoms with Crippen LogP contribution in [0.25, 0.3) is 0 Å². The fraction of sp³-hybridized carbons (Fsp3) is 0.235. The van der Waals surface area contributed by atoms with Gasteiger partial charge in [-0.3, -0.25) is 4.68 Å². The summed E-state index contributed by atoms with van der Waals surface area (Å²) < 4.78 is 11.1. The molecule has 1 N–H and O–H groups in total. The van der Waals surface area contributed by atoms with E-state index in [2.05, 4.69) is 27.0 Å². The minimum atomic E-state index is -0.562. The SMILES string of the molecule is COC(=O)c1c(C#CCNC(=O)OCc2ccccc2)cnn1C. The van der Waals surface area contributed by atoms with Gasteiger partial charge in [-0.25, -0.2) is 9.59 Å². The first kappa shape index (κ1) is 17.1. The highest BCUT2D eigenvalue weighted by molar-refractivity contribution is 5.90. The van der Waals surface area contributed by atoms with Gasteiger partial charge in [0.1, 0.15) is 6.61 Å². The molecule has 2 aromatic rings. The Hall–Kier alpha value is -3.27. The zero-order valence-corrected chi connectivity index (χ0v) is 13.4. The van der Waals surface area contributed by atoms with Crippen LogP contribution in [0.4, 0.5) is 4.79 Å². The number of alkyl carbamates (subject to hydrolysis) is 1. The topological polar surface area (TPSA) is 82.4 Å². The van der Waals surface area contributed by atoms with E-state index in [9.17, 15) is 9.59 Å². The maximum Gasteiger partial charge on any atom is 0.408 e. The van der Waals surface area contributed by atoms with Crippen molar-refractivity contribution in [3.63, 3.8) is 0 Å². The Balaban J connectivity index is 1.84. The predicted octanol–water partition coefficient (Wildman–Crippen LogP) is 1.48. The number of rotatable bonds is 4. The number of ether oxygens (including phenoxy) is 2. The molecule has 2 rings (SSSR count). The standard InChI is InChI=1S/C17H17N3O4/c1-20-15(16(21)23-2)14(11-19-20)9-6-10-18-17(22)24-12-13-7-4-3-5-8-13/h3-5,7-8,11H,10,12H2,1-2H3,(H,18,22). The lowest BCUT2D eigenvalue weighted by molar-refractivity contribution is 0.0588. The fourth-order valence-electron chi connectivity index (χ4n) is 1.90. The van der Waals surface area contributed by atoms with Crippen molar-refractivity contribution in [3.05, 3.63) is 53.3 Å². The van der Waals surface area contributed by atoms with Crippen molar-refractivity contribution < 1.29 is 19.1 Å². The smallest absolute Gasteiger partial charge is 0.408 e. The molecule has 0 radical (unpaired) electrons. The summed E-state index contributed by atoms with van der Waals surface area (Å²) in [5.74, 6) is 5.00. The Kier molecular flexibility index (Phi) is 5.97. The van der Waals surface area contributed by atoms with Gasteiger partial charge in [0.2, 0.25) is 0 Å². The molecule has 0 saturated heterocycles. The molecule has 0 aliphatic rings. The minimum absolute atomic E-state index is 0.0864. The van der Waals surface area contributed by atoms with Crippen molar-refractivity contribution in [2.45, 2.75) is 6.61 Å². The van der Waals surface area contributed by atoms with Crippen LogP contribution in [0, 0.1) is 11.8 Å². The first-order chi connectivity index (χ1) is 11.6. The van der Waals surface area contributed by atoms with Crippen LogP contribution in [0.5, 0.6) is 0 Å². The summed E-state index contributed by atoms with van der Waals surface area (Å²) >= 11 is 0. The number of hydrogen-bond acceptors (Lipinski definition) is 5. The van der Waals surface area contributed by atoms with Crippen molar-refractivity contribution in [3.8, 4) is 11.8 Å². The van der Waals surface area contributed by atoms with Gasteiger partial charge in [-0.2, -0.15) is 5.10 Å². The van der Waals surface area contributed by atoms with E-state index < -0.39 is 12.1 Å².